The highest BCUT2D eigenvalue weighted by Gasteiger charge is 2.25. The molecule has 1 aliphatic rings. The van der Waals surface area contributed by atoms with Gasteiger partial charge in [-0.15, -0.1) is 0 Å². The average Bonchev–Trinajstić information content (AvgIpc) is 3.09. The molecule has 0 unspecified atom stereocenters. The highest BCUT2D eigenvalue weighted by molar-refractivity contribution is 7.92. The van der Waals surface area contributed by atoms with E-state index in [1.807, 2.05) is 0 Å². The minimum absolute atomic E-state index is 0.0689. The highest BCUT2D eigenvalue weighted by atomic mass is 32.2. The molecule has 2 aromatic rings. The van der Waals surface area contributed by atoms with E-state index in [0.717, 1.165) is 6.42 Å². The lowest BCUT2D eigenvalue weighted by Crippen LogP contribution is -2.14. The predicted octanol–water partition coefficient (Wildman–Crippen LogP) is 1.25. The fraction of sp³-hybridized carbons (Fsp3) is 0.500. The summed E-state index contributed by atoms with van der Waals surface area (Å²) >= 11 is 0. The smallest absolute Gasteiger partial charge is 0.267 e. The molecule has 0 aromatic carbocycles. The van der Waals surface area contributed by atoms with E-state index >= 15 is 0 Å². The van der Waals surface area contributed by atoms with Crippen molar-refractivity contribution >= 4 is 15.7 Å². The van der Waals surface area contributed by atoms with Crippen LogP contribution in [0.2, 0.25) is 0 Å². The highest BCUT2D eigenvalue weighted by Crippen LogP contribution is 2.24. The van der Waals surface area contributed by atoms with Crippen LogP contribution < -0.4 is 4.72 Å². The van der Waals surface area contributed by atoms with Gasteiger partial charge in [-0.1, -0.05) is 5.16 Å². The maximum absolute atomic E-state index is 12.4. The zero-order valence-corrected chi connectivity index (χ0v) is 12.6. The van der Waals surface area contributed by atoms with Gasteiger partial charge in [-0.05, 0) is 20.3 Å². The monoisotopic (exact) mass is 312 g/mol. The first-order valence-electron chi connectivity index (χ1n) is 6.55. The van der Waals surface area contributed by atoms with Crippen LogP contribution in [-0.4, -0.2) is 36.6 Å². The van der Waals surface area contributed by atoms with Gasteiger partial charge in [0.15, 0.2) is 10.7 Å². The van der Waals surface area contributed by atoms with Crippen LogP contribution in [0.15, 0.2) is 21.8 Å². The van der Waals surface area contributed by atoms with Crippen molar-refractivity contribution in [1.82, 2.24) is 14.9 Å². The molecule has 0 aliphatic carbocycles. The van der Waals surface area contributed by atoms with E-state index in [1.54, 1.807) is 24.7 Å². The van der Waals surface area contributed by atoms with Gasteiger partial charge in [0, 0.05) is 12.8 Å². The van der Waals surface area contributed by atoms with Crippen LogP contribution in [0.1, 0.15) is 23.9 Å². The van der Waals surface area contributed by atoms with Gasteiger partial charge in [0.25, 0.3) is 10.0 Å². The summed E-state index contributed by atoms with van der Waals surface area (Å²) < 4.78 is 39.1. The van der Waals surface area contributed by atoms with Crippen LogP contribution >= 0.6 is 0 Å². The first-order chi connectivity index (χ1) is 9.97. The second-order valence-corrected chi connectivity index (χ2v) is 6.60. The standard InChI is InChI=1S/C12H16N4O4S/c1-8-12(9(2)20-14-8)21(17,18)15-10-5-13-16(6-10)11-3-4-19-7-11/h5-6,11,15H,3-4,7H2,1-2H3/t11-/m1/s1. The van der Waals surface area contributed by atoms with Crippen LogP contribution in [0.5, 0.6) is 0 Å². The molecule has 8 nitrogen and oxygen atoms in total. The number of hydrogen-bond donors (Lipinski definition) is 1. The Morgan fingerprint density at radius 1 is 1.43 bits per heavy atom. The summed E-state index contributed by atoms with van der Waals surface area (Å²) in [5.74, 6) is 0.261. The molecule has 114 valence electrons. The minimum atomic E-state index is -3.73. The quantitative estimate of drug-likeness (QED) is 0.912. The van der Waals surface area contributed by atoms with Crippen LogP contribution in [-0.2, 0) is 14.8 Å². The third-order valence-corrected chi connectivity index (χ3v) is 4.99. The summed E-state index contributed by atoms with van der Waals surface area (Å²) in [4.78, 5) is 0.0689. The van der Waals surface area contributed by atoms with Crippen molar-refractivity contribution in [3.63, 3.8) is 0 Å². The molecule has 1 atom stereocenters. The summed E-state index contributed by atoms with van der Waals surface area (Å²) in [6, 6.07) is 0.155. The molecular weight excluding hydrogens is 296 g/mol. The lowest BCUT2D eigenvalue weighted by molar-refractivity contribution is 0.184. The van der Waals surface area contributed by atoms with E-state index in [4.69, 9.17) is 9.26 Å². The zero-order chi connectivity index (χ0) is 15.0. The Kier molecular flexibility index (Phi) is 3.46. The molecule has 0 bridgehead atoms. The molecule has 9 heteroatoms. The van der Waals surface area contributed by atoms with E-state index in [1.165, 1.54) is 6.20 Å². The van der Waals surface area contributed by atoms with E-state index < -0.39 is 10.0 Å². The molecule has 0 saturated carbocycles. The normalized spacial score (nSPS) is 19.0. The van der Waals surface area contributed by atoms with E-state index in [9.17, 15) is 8.42 Å². The average molecular weight is 312 g/mol. The SMILES string of the molecule is Cc1noc(C)c1S(=O)(=O)Nc1cnn([C@@H]2CCOC2)c1. The molecule has 0 radical (unpaired) electrons. The van der Waals surface area contributed by atoms with Crippen molar-refractivity contribution < 1.29 is 17.7 Å². The molecule has 1 aliphatic heterocycles. The number of ether oxygens (including phenoxy) is 1. The van der Waals surface area contributed by atoms with E-state index in [-0.39, 0.29) is 16.7 Å². The second-order valence-electron chi connectivity index (χ2n) is 4.99. The zero-order valence-electron chi connectivity index (χ0n) is 11.7. The summed E-state index contributed by atoms with van der Waals surface area (Å²) in [5.41, 5.74) is 0.735. The van der Waals surface area contributed by atoms with Crippen LogP contribution in [0, 0.1) is 13.8 Å². The van der Waals surface area contributed by atoms with Gasteiger partial charge in [-0.25, -0.2) is 8.42 Å². The molecule has 0 spiro atoms. The van der Waals surface area contributed by atoms with Gasteiger partial charge in [-0.3, -0.25) is 9.40 Å². The van der Waals surface area contributed by atoms with Gasteiger partial charge in [0.2, 0.25) is 0 Å². The van der Waals surface area contributed by atoms with Crippen molar-refractivity contribution in [1.29, 1.82) is 0 Å². The van der Waals surface area contributed by atoms with E-state index in [2.05, 4.69) is 15.0 Å². The summed E-state index contributed by atoms with van der Waals surface area (Å²) in [6.45, 7) is 4.45. The van der Waals surface area contributed by atoms with Crippen LogP contribution in [0.25, 0.3) is 0 Å². The third-order valence-electron chi connectivity index (χ3n) is 3.37. The number of rotatable bonds is 4. The summed E-state index contributed by atoms with van der Waals surface area (Å²) in [6.07, 6.45) is 4.01. The molecule has 3 rings (SSSR count). The second kappa shape index (κ2) is 5.15. The number of hydrogen-bond acceptors (Lipinski definition) is 6. The number of aromatic nitrogens is 3. The van der Waals surface area contributed by atoms with Crippen molar-refractivity contribution in [2.75, 3.05) is 17.9 Å². The Labute approximate surface area is 122 Å². The van der Waals surface area contributed by atoms with Gasteiger partial charge >= 0.3 is 0 Å². The number of aryl methyl sites for hydroxylation is 2. The van der Waals surface area contributed by atoms with Crippen molar-refractivity contribution in [2.45, 2.75) is 31.2 Å². The topological polar surface area (TPSA) is 99.3 Å². The Hall–Kier alpha value is -1.87. The first-order valence-corrected chi connectivity index (χ1v) is 8.03. The fourth-order valence-corrected chi connectivity index (χ4v) is 3.75. The summed E-state index contributed by atoms with van der Waals surface area (Å²) in [5, 5.41) is 7.84. The number of anilines is 1. The molecule has 1 saturated heterocycles. The Bertz CT molecular complexity index is 724. The first kappa shape index (κ1) is 14.1. The fourth-order valence-electron chi connectivity index (χ4n) is 2.39. The summed E-state index contributed by atoms with van der Waals surface area (Å²) in [7, 11) is -3.73. The largest absolute Gasteiger partial charge is 0.379 e. The molecule has 3 heterocycles. The molecule has 0 amide bonds. The Morgan fingerprint density at radius 3 is 2.86 bits per heavy atom. The molecule has 1 fully saturated rings. The molecular formula is C12H16N4O4S. The molecule has 2 aromatic heterocycles. The molecule has 21 heavy (non-hydrogen) atoms. The number of nitrogens with one attached hydrogen (secondary N) is 1. The lowest BCUT2D eigenvalue weighted by Gasteiger charge is -2.07. The van der Waals surface area contributed by atoms with Gasteiger partial charge in [0.1, 0.15) is 5.69 Å². The Balaban J connectivity index is 1.83. The van der Waals surface area contributed by atoms with Crippen molar-refractivity contribution in [2.24, 2.45) is 0 Å². The molecule has 1 N–H and O–H groups in total. The maximum atomic E-state index is 12.4. The van der Waals surface area contributed by atoms with Gasteiger partial charge in [-0.2, -0.15) is 5.10 Å². The minimum Gasteiger partial charge on any atom is -0.379 e. The van der Waals surface area contributed by atoms with Crippen molar-refractivity contribution in [3.8, 4) is 0 Å². The van der Waals surface area contributed by atoms with Crippen LogP contribution in [0.4, 0.5) is 5.69 Å². The Morgan fingerprint density at radius 2 is 2.24 bits per heavy atom. The third kappa shape index (κ3) is 2.66. The number of sulfonamides is 1. The van der Waals surface area contributed by atoms with Gasteiger partial charge < -0.3 is 9.26 Å². The van der Waals surface area contributed by atoms with Gasteiger partial charge in [0.05, 0.1) is 24.5 Å². The predicted molar refractivity (Wildman–Crippen MR) is 73.5 cm³/mol. The maximum Gasteiger partial charge on any atom is 0.267 e. The lowest BCUT2D eigenvalue weighted by atomic mass is 10.3. The van der Waals surface area contributed by atoms with Crippen molar-refractivity contribution in [3.05, 3.63) is 23.8 Å². The van der Waals surface area contributed by atoms with Crippen LogP contribution in [0.3, 0.4) is 0 Å². The number of nitrogens with zero attached hydrogens (tertiary/aromatic N) is 3. The van der Waals surface area contributed by atoms with E-state index in [0.29, 0.717) is 24.6 Å².